The van der Waals surface area contributed by atoms with Crippen LogP contribution in [0.15, 0.2) is 43.1 Å². The van der Waals surface area contributed by atoms with Crippen molar-refractivity contribution >= 4 is 25.4 Å². The molecule has 3 fully saturated rings. The number of nitrogens with zero attached hydrogens (tertiary/aromatic N) is 2. The van der Waals surface area contributed by atoms with Crippen LogP contribution in [0.1, 0.15) is 24.5 Å². The Morgan fingerprint density at radius 3 is 2.66 bits per heavy atom. The van der Waals surface area contributed by atoms with Crippen LogP contribution in [0.5, 0.6) is 5.75 Å². The Hall–Kier alpha value is -1.67. The molecule has 3 aliphatic rings. The predicted octanol–water partition coefficient (Wildman–Crippen LogP) is 1.00. The molecule has 2 aromatic rings. The Morgan fingerprint density at radius 2 is 2.07 bits per heavy atom. The molecular weight excluding hydrogens is 439 g/mol. The van der Waals surface area contributed by atoms with Crippen LogP contribution >= 0.6 is 0 Å². The van der Waals surface area contributed by atoms with E-state index >= 15 is 0 Å². The molecule has 158 valence electrons. The van der Waals surface area contributed by atoms with Crippen molar-refractivity contribution in [3.05, 3.63) is 48.7 Å². The summed E-state index contributed by atoms with van der Waals surface area (Å²) in [5, 5.41) is 12.1. The van der Waals surface area contributed by atoms with Crippen molar-refractivity contribution in [2.75, 3.05) is 20.2 Å². The minimum absolute atomic E-state index is 0.178. The van der Waals surface area contributed by atoms with Crippen molar-refractivity contribution in [2.24, 2.45) is 11.8 Å². The number of aromatic nitrogens is 1. The third kappa shape index (κ3) is 5.28. The standard InChI is InChI=1S/C20H24N2O2.AsH3O4/c1-3-13-12-22-9-7-14(13)10-19(22)20(23)16-6-8-21-18-5-4-15(24-2)11-17(16)18;2-1(3,4)5/h3-6,8,11,13-14,19-20,23H,1,7,9-10,12H2,2H3;(H3,2,3,4,5). The van der Waals surface area contributed by atoms with Gasteiger partial charge in [0.1, 0.15) is 5.75 Å². The van der Waals surface area contributed by atoms with Crippen LogP contribution in [-0.4, -0.2) is 68.0 Å². The Bertz CT molecular complexity index is 909. The molecule has 5 rings (SSSR count). The molecule has 0 saturated carbocycles. The molecule has 3 aliphatic heterocycles. The van der Waals surface area contributed by atoms with Gasteiger partial charge in [0.2, 0.25) is 0 Å². The fraction of sp³-hybridized carbons (Fsp3) is 0.450. The fourth-order valence-corrected chi connectivity index (χ4v) is 4.44. The Kier molecular flexibility index (Phi) is 6.83. The van der Waals surface area contributed by atoms with Crippen LogP contribution in [0, 0.1) is 11.8 Å². The molecule has 8 nitrogen and oxygen atoms in total. The Balaban J connectivity index is 0.000000431. The number of piperidine rings is 3. The van der Waals surface area contributed by atoms with Gasteiger partial charge in [-0.05, 0) is 61.1 Å². The number of ether oxygens (including phenoxy) is 1. The normalized spacial score (nSPS) is 27.1. The predicted molar refractivity (Wildman–Crippen MR) is 108 cm³/mol. The van der Waals surface area contributed by atoms with Crippen molar-refractivity contribution in [1.82, 2.24) is 9.88 Å². The van der Waals surface area contributed by atoms with E-state index in [9.17, 15) is 5.11 Å². The van der Waals surface area contributed by atoms with Gasteiger partial charge in [-0.1, -0.05) is 6.08 Å². The first-order chi connectivity index (χ1) is 13.7. The second kappa shape index (κ2) is 9.00. The zero-order chi connectivity index (χ0) is 21.2. The van der Waals surface area contributed by atoms with Crippen LogP contribution in [-0.2, 0) is 3.74 Å². The van der Waals surface area contributed by atoms with E-state index in [-0.39, 0.29) is 6.04 Å². The molecule has 3 saturated heterocycles. The molecule has 5 unspecified atom stereocenters. The van der Waals surface area contributed by atoms with Crippen LogP contribution in [0.25, 0.3) is 10.9 Å². The van der Waals surface area contributed by atoms with Gasteiger partial charge in [-0.15, -0.1) is 6.58 Å². The van der Waals surface area contributed by atoms with Gasteiger partial charge in [0.25, 0.3) is 0 Å². The van der Waals surface area contributed by atoms with Gasteiger partial charge in [-0.25, -0.2) is 0 Å². The molecule has 1 aromatic carbocycles. The number of pyridine rings is 1. The van der Waals surface area contributed by atoms with Gasteiger partial charge in [0.05, 0.1) is 18.7 Å². The molecule has 0 aliphatic carbocycles. The summed E-state index contributed by atoms with van der Waals surface area (Å²) in [6.07, 6.45) is 5.62. The zero-order valence-electron chi connectivity index (χ0n) is 16.3. The van der Waals surface area contributed by atoms with E-state index in [0.29, 0.717) is 11.8 Å². The summed E-state index contributed by atoms with van der Waals surface area (Å²) in [5.74, 6) is 2.01. The molecule has 4 N–H and O–H groups in total. The summed E-state index contributed by atoms with van der Waals surface area (Å²) in [6, 6.07) is 7.96. The van der Waals surface area contributed by atoms with Crippen molar-refractivity contribution in [1.29, 1.82) is 0 Å². The molecule has 9 heteroatoms. The number of fused-ring (bicyclic) bond motifs is 4. The third-order valence-electron chi connectivity index (χ3n) is 5.82. The van der Waals surface area contributed by atoms with E-state index in [0.717, 1.165) is 41.7 Å². The molecule has 1 aromatic heterocycles. The minimum atomic E-state index is -5.12. The Morgan fingerprint density at radius 1 is 1.34 bits per heavy atom. The number of rotatable bonds is 4. The second-order valence-electron chi connectivity index (χ2n) is 7.49. The number of benzene rings is 1. The molecule has 2 bridgehead atoms. The number of hydrogen-bond donors (Lipinski definition) is 4. The van der Waals surface area contributed by atoms with E-state index in [1.54, 1.807) is 13.3 Å². The van der Waals surface area contributed by atoms with Crippen molar-refractivity contribution in [3.8, 4) is 5.75 Å². The van der Waals surface area contributed by atoms with Gasteiger partial charge >= 0.3 is 30.5 Å². The van der Waals surface area contributed by atoms with Crippen molar-refractivity contribution in [2.45, 2.75) is 25.0 Å². The van der Waals surface area contributed by atoms with E-state index in [4.69, 9.17) is 20.8 Å². The SMILES string of the molecule is C=CC1CN2CCC1CC2C(O)c1ccnc2ccc(OC)cc12.O=[As](O)(O)O. The summed E-state index contributed by atoms with van der Waals surface area (Å²) >= 11 is -5.12. The first-order valence-electron chi connectivity index (χ1n) is 9.47. The van der Waals surface area contributed by atoms with E-state index in [2.05, 4.69) is 22.5 Å². The number of aliphatic hydroxyl groups excluding tert-OH is 1. The van der Waals surface area contributed by atoms with Crippen LogP contribution in [0.2, 0.25) is 0 Å². The van der Waals surface area contributed by atoms with Gasteiger partial charge in [0, 0.05) is 24.2 Å². The average molecular weight is 466 g/mol. The van der Waals surface area contributed by atoms with Crippen molar-refractivity contribution < 1.29 is 25.9 Å². The van der Waals surface area contributed by atoms with Gasteiger partial charge < -0.3 is 9.84 Å². The molecule has 5 atom stereocenters. The average Bonchev–Trinajstić information content (AvgIpc) is 2.71. The monoisotopic (exact) mass is 466 g/mol. The molecule has 4 heterocycles. The van der Waals surface area contributed by atoms with Gasteiger partial charge in [-0.3, -0.25) is 9.88 Å². The maximum atomic E-state index is 11.2. The Labute approximate surface area is 172 Å². The number of hydrogen-bond acceptors (Lipinski definition) is 5. The quantitative estimate of drug-likeness (QED) is 0.389. The van der Waals surface area contributed by atoms with Gasteiger partial charge in [-0.2, -0.15) is 0 Å². The van der Waals surface area contributed by atoms with Crippen molar-refractivity contribution in [3.63, 3.8) is 0 Å². The summed E-state index contributed by atoms with van der Waals surface area (Å²) in [5.41, 5.74) is 1.85. The fourth-order valence-electron chi connectivity index (χ4n) is 4.44. The van der Waals surface area contributed by atoms with Gasteiger partial charge in [0.15, 0.2) is 0 Å². The molecule has 0 spiro atoms. The maximum absolute atomic E-state index is 11.2. The van der Waals surface area contributed by atoms with E-state index in [1.165, 1.54) is 6.42 Å². The summed E-state index contributed by atoms with van der Waals surface area (Å²) < 4.78 is 36.0. The van der Waals surface area contributed by atoms with E-state index in [1.807, 2.05) is 24.3 Å². The van der Waals surface area contributed by atoms with Crippen LogP contribution < -0.4 is 4.74 Å². The van der Waals surface area contributed by atoms with Crippen LogP contribution in [0.3, 0.4) is 0 Å². The number of aliphatic hydroxyl groups is 1. The second-order valence-corrected chi connectivity index (χ2v) is 9.64. The molecule has 29 heavy (non-hydrogen) atoms. The molecule has 0 amide bonds. The third-order valence-corrected chi connectivity index (χ3v) is 5.82. The topological polar surface area (TPSA) is 123 Å². The molecule has 0 radical (unpaired) electrons. The number of methoxy groups -OCH3 is 1. The van der Waals surface area contributed by atoms with Crippen LogP contribution in [0.4, 0.5) is 0 Å². The first-order valence-corrected chi connectivity index (χ1v) is 12.7. The summed E-state index contributed by atoms with van der Waals surface area (Å²) in [4.78, 5) is 6.86. The first kappa shape index (κ1) is 22.0. The summed E-state index contributed by atoms with van der Waals surface area (Å²) in [7, 11) is 1.66. The zero-order valence-corrected chi connectivity index (χ0v) is 18.1. The molecular formula is C20H27AsN2O6. The van der Waals surface area contributed by atoms with E-state index < -0.39 is 20.6 Å². The summed E-state index contributed by atoms with van der Waals surface area (Å²) in [6.45, 7) is 6.07.